The molecule has 2 aliphatic carbocycles. The number of amides is 1. The van der Waals surface area contributed by atoms with Gasteiger partial charge >= 0.3 is 0 Å². The quantitative estimate of drug-likeness (QED) is 0.778. The predicted molar refractivity (Wildman–Crippen MR) is 105 cm³/mol. The molecular weight excluding hydrogens is 368 g/mol. The van der Waals surface area contributed by atoms with E-state index in [9.17, 15) is 9.59 Å². The smallest absolute Gasteiger partial charge is 0.223 e. The average molecular weight is 396 g/mol. The molecule has 0 aromatic rings. The summed E-state index contributed by atoms with van der Waals surface area (Å²) in [5.74, 6) is 1.90. The lowest BCUT2D eigenvalue weighted by Gasteiger charge is -2.49. The van der Waals surface area contributed by atoms with Crippen LogP contribution < -0.4 is 5.32 Å². The Bertz CT molecular complexity index is 920. The normalized spacial score (nSPS) is 33.9. The summed E-state index contributed by atoms with van der Waals surface area (Å²) in [5.41, 5.74) is 2.19. The first-order chi connectivity index (χ1) is 13.8. The molecule has 0 aromatic heterocycles. The molecule has 1 N–H and O–H groups in total. The van der Waals surface area contributed by atoms with E-state index in [1.807, 2.05) is 4.90 Å². The number of likely N-dealkylation sites (tertiary alicyclic amines) is 1. The molecule has 2 saturated heterocycles. The number of dihydropyridines is 1. The van der Waals surface area contributed by atoms with Gasteiger partial charge < -0.3 is 15.0 Å². The van der Waals surface area contributed by atoms with Crippen molar-refractivity contribution in [1.82, 2.24) is 10.2 Å². The Morgan fingerprint density at radius 3 is 2.83 bits per heavy atom. The Balaban J connectivity index is 1.30. The lowest BCUT2D eigenvalue weighted by molar-refractivity contribution is -0.158. The number of hydrogen-bond donors (Lipinski definition) is 1. The zero-order chi connectivity index (χ0) is 20.0. The molecule has 4 heterocycles. The third-order valence-electron chi connectivity index (χ3n) is 7.61. The fraction of sp³-hybridized carbons (Fsp3) is 0.727. The van der Waals surface area contributed by atoms with Gasteiger partial charge in [0.1, 0.15) is 5.60 Å². The van der Waals surface area contributed by atoms with Crippen LogP contribution in [0, 0.1) is 16.7 Å². The zero-order valence-electron chi connectivity index (χ0n) is 17.2. The van der Waals surface area contributed by atoms with Crippen molar-refractivity contribution in [1.29, 1.82) is 0 Å². The fourth-order valence-electron chi connectivity index (χ4n) is 6.08. The highest BCUT2D eigenvalue weighted by Gasteiger charge is 2.63. The minimum Gasteiger partial charge on any atom is -0.370 e. The number of carbonyl (C=O) groups is 2. The van der Waals surface area contributed by atoms with Gasteiger partial charge in [0.15, 0.2) is 11.6 Å². The van der Waals surface area contributed by atoms with E-state index in [0.717, 1.165) is 35.5 Å². The maximum atomic E-state index is 13.3. The van der Waals surface area contributed by atoms with E-state index in [-0.39, 0.29) is 22.7 Å². The number of allylic oxidation sites excluding steroid dienone is 1. The number of Topliss-reactive ketones (excluding diaryl/α,β-unsaturated/α-hetero) is 1. The van der Waals surface area contributed by atoms with Gasteiger partial charge in [-0.1, -0.05) is 13.8 Å². The minimum atomic E-state index is -0.432. The Morgan fingerprint density at radius 2 is 2.07 bits per heavy atom. The first-order valence-electron chi connectivity index (χ1n) is 10.9. The van der Waals surface area contributed by atoms with Crippen LogP contribution in [-0.2, 0) is 14.3 Å². The number of ketones is 1. The molecule has 1 amide bonds. The molecule has 2 spiro atoms. The second kappa shape index (κ2) is 5.56. The van der Waals surface area contributed by atoms with E-state index in [2.05, 4.69) is 29.4 Å². The summed E-state index contributed by atoms with van der Waals surface area (Å²) in [6.07, 6.45) is 5.21. The number of hydrogen-bond acceptors (Lipinski definition) is 6. The highest BCUT2D eigenvalue weighted by Crippen LogP contribution is 2.58. The Morgan fingerprint density at radius 1 is 1.28 bits per heavy atom. The van der Waals surface area contributed by atoms with Crippen LogP contribution in [0.25, 0.3) is 0 Å². The van der Waals surface area contributed by atoms with Crippen molar-refractivity contribution in [3.05, 3.63) is 22.7 Å². The van der Waals surface area contributed by atoms with Crippen molar-refractivity contribution in [2.75, 3.05) is 26.2 Å². The van der Waals surface area contributed by atoms with Gasteiger partial charge in [-0.15, -0.1) is 5.11 Å². The largest absolute Gasteiger partial charge is 0.370 e. The van der Waals surface area contributed by atoms with Crippen LogP contribution in [0.2, 0.25) is 0 Å². The zero-order valence-corrected chi connectivity index (χ0v) is 17.2. The summed E-state index contributed by atoms with van der Waals surface area (Å²) in [5, 5.41) is 12.0. The molecular formula is C22H28N4O3. The number of nitrogens with zero attached hydrogens (tertiary/aromatic N) is 3. The van der Waals surface area contributed by atoms with Gasteiger partial charge in [-0.25, -0.2) is 0 Å². The van der Waals surface area contributed by atoms with Gasteiger partial charge in [-0.05, 0) is 37.0 Å². The monoisotopic (exact) mass is 396 g/mol. The molecule has 3 fully saturated rings. The SMILES string of the molecule is CC1(C)CC(=O)C2=C(C1)NC1=C(CN=N1)C21COC2(CN(C(=O)CC3CC3)C2)C1. The Kier molecular flexibility index (Phi) is 3.42. The summed E-state index contributed by atoms with van der Waals surface area (Å²) in [4.78, 5) is 27.7. The van der Waals surface area contributed by atoms with Gasteiger partial charge in [0.05, 0.1) is 31.7 Å². The molecule has 0 radical (unpaired) electrons. The number of azo groups is 1. The standard InChI is InChI=1S/C22H28N4O3/c1-20(2)6-15-18(16(27)7-20)22(14-8-23-25-19(14)24-15)9-21(29-12-22)10-26(11-21)17(28)5-13-3-4-13/h13,24H,3-12H2,1-2H3. The number of nitrogens with one attached hydrogen (secondary N) is 1. The van der Waals surface area contributed by atoms with Gasteiger partial charge in [-0.2, -0.15) is 5.11 Å². The van der Waals surface area contributed by atoms with Crippen LogP contribution in [0.1, 0.15) is 52.4 Å². The summed E-state index contributed by atoms with van der Waals surface area (Å²) < 4.78 is 6.40. The van der Waals surface area contributed by atoms with E-state index in [1.54, 1.807) is 0 Å². The molecule has 7 heteroatoms. The minimum absolute atomic E-state index is 0.0580. The highest BCUT2D eigenvalue weighted by atomic mass is 16.5. The maximum Gasteiger partial charge on any atom is 0.223 e. The lowest BCUT2D eigenvalue weighted by Crippen LogP contribution is -2.63. The molecule has 0 aromatic carbocycles. The van der Waals surface area contributed by atoms with Gasteiger partial charge in [0.25, 0.3) is 0 Å². The number of rotatable bonds is 2. The van der Waals surface area contributed by atoms with Gasteiger partial charge in [0.2, 0.25) is 5.91 Å². The Labute approximate surface area is 170 Å². The van der Waals surface area contributed by atoms with Crippen LogP contribution in [0.4, 0.5) is 0 Å². The molecule has 6 rings (SSSR count). The van der Waals surface area contributed by atoms with Crippen LogP contribution >= 0.6 is 0 Å². The summed E-state index contributed by atoms with van der Waals surface area (Å²) >= 11 is 0. The van der Waals surface area contributed by atoms with Gasteiger partial charge in [-0.3, -0.25) is 9.59 Å². The van der Waals surface area contributed by atoms with Crippen molar-refractivity contribution < 1.29 is 14.3 Å². The molecule has 1 saturated carbocycles. The van der Waals surface area contributed by atoms with Crippen LogP contribution in [0.5, 0.6) is 0 Å². The molecule has 154 valence electrons. The topological polar surface area (TPSA) is 83.4 Å². The first-order valence-corrected chi connectivity index (χ1v) is 10.9. The van der Waals surface area contributed by atoms with Crippen molar-refractivity contribution in [2.24, 2.45) is 27.0 Å². The molecule has 7 nitrogen and oxygen atoms in total. The molecule has 29 heavy (non-hydrogen) atoms. The number of carbonyl (C=O) groups excluding carboxylic acids is 2. The molecule has 1 atom stereocenters. The molecule has 1 unspecified atom stereocenters. The van der Waals surface area contributed by atoms with Crippen molar-refractivity contribution in [2.45, 2.75) is 58.0 Å². The second-order valence-electron chi connectivity index (χ2n) is 10.8. The van der Waals surface area contributed by atoms with E-state index in [0.29, 0.717) is 45.0 Å². The van der Waals surface area contributed by atoms with E-state index in [1.165, 1.54) is 12.8 Å². The van der Waals surface area contributed by atoms with E-state index >= 15 is 0 Å². The summed E-state index contributed by atoms with van der Waals surface area (Å²) in [6, 6.07) is 0. The molecule has 6 aliphatic rings. The third-order valence-corrected chi connectivity index (χ3v) is 7.61. The van der Waals surface area contributed by atoms with Gasteiger partial charge in [0, 0.05) is 29.7 Å². The van der Waals surface area contributed by atoms with Crippen molar-refractivity contribution in [3.8, 4) is 0 Å². The first kappa shape index (κ1) is 17.8. The number of fused-ring (bicyclic) bond motifs is 2. The summed E-state index contributed by atoms with van der Waals surface area (Å²) in [7, 11) is 0. The molecule has 0 bridgehead atoms. The second-order valence-corrected chi connectivity index (χ2v) is 10.8. The lowest BCUT2D eigenvalue weighted by atomic mass is 9.61. The van der Waals surface area contributed by atoms with Crippen LogP contribution in [0.15, 0.2) is 32.9 Å². The van der Waals surface area contributed by atoms with Crippen LogP contribution in [-0.4, -0.2) is 48.4 Å². The number of ether oxygens (including phenoxy) is 1. The highest BCUT2D eigenvalue weighted by molar-refractivity contribution is 6.00. The average Bonchev–Trinajstić information content (AvgIpc) is 3.13. The Hall–Kier alpha value is -2.02. The van der Waals surface area contributed by atoms with Crippen LogP contribution in [0.3, 0.4) is 0 Å². The predicted octanol–water partition coefficient (Wildman–Crippen LogP) is 2.70. The van der Waals surface area contributed by atoms with E-state index < -0.39 is 5.41 Å². The fourth-order valence-corrected chi connectivity index (χ4v) is 6.08. The summed E-state index contributed by atoms with van der Waals surface area (Å²) in [6.45, 7) is 6.60. The maximum absolute atomic E-state index is 13.3. The molecule has 4 aliphatic heterocycles. The van der Waals surface area contributed by atoms with E-state index in [4.69, 9.17) is 4.74 Å². The van der Waals surface area contributed by atoms with Crippen molar-refractivity contribution >= 4 is 11.7 Å². The van der Waals surface area contributed by atoms with Crippen molar-refractivity contribution in [3.63, 3.8) is 0 Å². The third kappa shape index (κ3) is 2.59.